The zero-order valence-electron chi connectivity index (χ0n) is 15.9. The minimum Gasteiger partial charge on any atom is -0.486 e. The van der Waals surface area contributed by atoms with Gasteiger partial charge in [-0.3, -0.25) is 4.79 Å². The second kappa shape index (κ2) is 8.12. The molecular formula is C20H24FN5O3. The summed E-state index contributed by atoms with van der Waals surface area (Å²) in [7, 11) is 0. The van der Waals surface area contributed by atoms with Crippen LogP contribution in [0.3, 0.4) is 0 Å². The van der Waals surface area contributed by atoms with Crippen LogP contribution < -0.4 is 31.6 Å². The van der Waals surface area contributed by atoms with E-state index >= 15 is 0 Å². The molecule has 1 saturated carbocycles. The molecule has 1 aromatic carbocycles. The second-order valence-corrected chi connectivity index (χ2v) is 7.26. The third kappa shape index (κ3) is 4.19. The quantitative estimate of drug-likeness (QED) is 0.607. The van der Waals surface area contributed by atoms with Gasteiger partial charge in [-0.05, 0) is 31.0 Å². The molecule has 4 rings (SSSR count). The lowest BCUT2D eigenvalue weighted by molar-refractivity contribution is 0.100. The van der Waals surface area contributed by atoms with Gasteiger partial charge in [0.2, 0.25) is 0 Å². The van der Waals surface area contributed by atoms with E-state index in [1.54, 1.807) is 18.2 Å². The van der Waals surface area contributed by atoms with Crippen molar-refractivity contribution in [3.8, 4) is 11.5 Å². The molecule has 1 aliphatic carbocycles. The molecule has 2 aromatic rings. The van der Waals surface area contributed by atoms with E-state index in [1.165, 1.54) is 0 Å². The maximum absolute atomic E-state index is 14.6. The van der Waals surface area contributed by atoms with Crippen molar-refractivity contribution < 1.29 is 18.7 Å². The van der Waals surface area contributed by atoms with E-state index in [1.807, 2.05) is 0 Å². The minimum absolute atomic E-state index is 0.0393. The molecule has 1 aliphatic heterocycles. The molecule has 8 nitrogen and oxygen atoms in total. The number of rotatable bonds is 5. The molecule has 0 saturated heterocycles. The van der Waals surface area contributed by atoms with Crippen molar-refractivity contribution in [2.24, 2.45) is 11.5 Å². The number of carbonyl (C=O) groups excluding carboxylic acids is 1. The van der Waals surface area contributed by atoms with Crippen LogP contribution in [0.25, 0.3) is 0 Å². The SMILES string of the molecule is NC(=O)c1cc(F)c(NC2CCCCC2N)nc1Nc1ccc2c(c1)OCCO2. The Bertz CT molecular complexity index is 923. The van der Waals surface area contributed by atoms with Crippen molar-refractivity contribution in [3.05, 3.63) is 35.6 Å². The highest BCUT2D eigenvalue weighted by Gasteiger charge is 2.24. The summed E-state index contributed by atoms with van der Waals surface area (Å²) in [5.41, 5.74) is 12.1. The third-order valence-corrected chi connectivity index (χ3v) is 5.19. The Balaban J connectivity index is 1.63. The van der Waals surface area contributed by atoms with Crippen LogP contribution in [-0.2, 0) is 0 Å². The van der Waals surface area contributed by atoms with Crippen LogP contribution in [0.1, 0.15) is 36.0 Å². The molecule has 154 valence electrons. The fourth-order valence-electron chi connectivity index (χ4n) is 3.65. The average Bonchev–Trinajstić information content (AvgIpc) is 2.71. The van der Waals surface area contributed by atoms with E-state index in [-0.39, 0.29) is 29.3 Å². The highest BCUT2D eigenvalue weighted by molar-refractivity contribution is 5.98. The lowest BCUT2D eigenvalue weighted by Gasteiger charge is -2.30. The Labute approximate surface area is 167 Å². The minimum atomic E-state index is -0.780. The maximum atomic E-state index is 14.6. The first kappa shape index (κ1) is 19.3. The van der Waals surface area contributed by atoms with E-state index in [2.05, 4.69) is 15.6 Å². The van der Waals surface area contributed by atoms with E-state index in [0.717, 1.165) is 31.7 Å². The van der Waals surface area contributed by atoms with Gasteiger partial charge in [-0.15, -0.1) is 0 Å². The number of benzene rings is 1. The number of nitrogens with zero attached hydrogens (tertiary/aromatic N) is 1. The number of ether oxygens (including phenoxy) is 2. The Morgan fingerprint density at radius 3 is 2.62 bits per heavy atom. The monoisotopic (exact) mass is 401 g/mol. The largest absolute Gasteiger partial charge is 0.486 e. The lowest BCUT2D eigenvalue weighted by atomic mass is 9.91. The van der Waals surface area contributed by atoms with Crippen LogP contribution in [0.15, 0.2) is 24.3 Å². The average molecular weight is 401 g/mol. The summed E-state index contributed by atoms with van der Waals surface area (Å²) in [4.78, 5) is 16.1. The fourth-order valence-corrected chi connectivity index (χ4v) is 3.65. The van der Waals surface area contributed by atoms with Crippen molar-refractivity contribution in [3.63, 3.8) is 0 Å². The van der Waals surface area contributed by atoms with Gasteiger partial charge >= 0.3 is 0 Å². The second-order valence-electron chi connectivity index (χ2n) is 7.26. The highest BCUT2D eigenvalue weighted by atomic mass is 19.1. The van der Waals surface area contributed by atoms with E-state index in [4.69, 9.17) is 20.9 Å². The van der Waals surface area contributed by atoms with Gasteiger partial charge in [0.15, 0.2) is 23.1 Å². The Kier molecular flexibility index (Phi) is 5.39. The molecule has 9 heteroatoms. The smallest absolute Gasteiger partial charge is 0.252 e. The van der Waals surface area contributed by atoms with Crippen LogP contribution in [0, 0.1) is 5.82 Å². The van der Waals surface area contributed by atoms with Gasteiger partial charge in [0.1, 0.15) is 19.0 Å². The van der Waals surface area contributed by atoms with E-state index in [0.29, 0.717) is 30.4 Å². The normalized spacial score (nSPS) is 20.8. The number of hydrogen-bond acceptors (Lipinski definition) is 7. The number of primary amides is 1. The standard InChI is InChI=1S/C20H24FN5O3/c21-13-10-12(18(23)27)19(26-20(13)25-15-4-2-1-3-14(15)22)24-11-5-6-16-17(9-11)29-8-7-28-16/h5-6,9-10,14-15H,1-4,7-8,22H2,(H2,23,27)(H2,24,25,26). The van der Waals surface area contributed by atoms with Crippen LogP contribution in [-0.4, -0.2) is 36.2 Å². The molecule has 6 N–H and O–H groups in total. The van der Waals surface area contributed by atoms with Gasteiger partial charge in [0.25, 0.3) is 5.91 Å². The molecule has 29 heavy (non-hydrogen) atoms. The molecule has 0 bridgehead atoms. The summed E-state index contributed by atoms with van der Waals surface area (Å²) in [6.45, 7) is 0.941. The number of pyridine rings is 1. The summed E-state index contributed by atoms with van der Waals surface area (Å²) in [6.07, 6.45) is 3.80. The van der Waals surface area contributed by atoms with Gasteiger partial charge in [-0.25, -0.2) is 9.37 Å². The molecule has 2 atom stereocenters. The van der Waals surface area contributed by atoms with Crippen molar-refractivity contribution in [2.45, 2.75) is 37.8 Å². The van der Waals surface area contributed by atoms with Gasteiger partial charge in [0.05, 0.1) is 5.56 Å². The molecule has 1 amide bonds. The summed E-state index contributed by atoms with van der Waals surface area (Å²) in [6, 6.07) is 6.18. The Morgan fingerprint density at radius 1 is 1.10 bits per heavy atom. The number of amides is 1. The van der Waals surface area contributed by atoms with E-state index < -0.39 is 11.7 Å². The van der Waals surface area contributed by atoms with Gasteiger partial charge < -0.3 is 31.6 Å². The fraction of sp³-hybridized carbons (Fsp3) is 0.400. The third-order valence-electron chi connectivity index (χ3n) is 5.19. The van der Waals surface area contributed by atoms with Crippen LogP contribution >= 0.6 is 0 Å². The summed E-state index contributed by atoms with van der Waals surface area (Å²) >= 11 is 0. The highest BCUT2D eigenvalue weighted by Crippen LogP contribution is 2.34. The van der Waals surface area contributed by atoms with E-state index in [9.17, 15) is 9.18 Å². The predicted molar refractivity (Wildman–Crippen MR) is 107 cm³/mol. The Hall–Kier alpha value is -3.07. The van der Waals surface area contributed by atoms with Crippen molar-refractivity contribution >= 4 is 23.2 Å². The molecule has 2 unspecified atom stereocenters. The Morgan fingerprint density at radius 2 is 1.86 bits per heavy atom. The predicted octanol–water partition coefficient (Wildman–Crippen LogP) is 2.52. The maximum Gasteiger partial charge on any atom is 0.252 e. The van der Waals surface area contributed by atoms with Crippen molar-refractivity contribution in [2.75, 3.05) is 23.8 Å². The summed E-state index contributed by atoms with van der Waals surface area (Å²) in [5, 5.41) is 6.13. The lowest BCUT2D eigenvalue weighted by Crippen LogP contribution is -2.43. The zero-order chi connectivity index (χ0) is 20.4. The van der Waals surface area contributed by atoms with Gasteiger partial charge in [-0.1, -0.05) is 12.8 Å². The zero-order valence-corrected chi connectivity index (χ0v) is 15.9. The summed E-state index contributed by atoms with van der Waals surface area (Å²) < 4.78 is 25.7. The first-order chi connectivity index (χ1) is 14.0. The topological polar surface area (TPSA) is 125 Å². The molecule has 0 radical (unpaired) electrons. The number of anilines is 3. The van der Waals surface area contributed by atoms with Crippen LogP contribution in [0.2, 0.25) is 0 Å². The molecule has 2 heterocycles. The van der Waals surface area contributed by atoms with Crippen LogP contribution in [0.4, 0.5) is 21.7 Å². The summed E-state index contributed by atoms with van der Waals surface area (Å²) in [5.74, 6) is -0.0188. The van der Waals surface area contributed by atoms with Crippen molar-refractivity contribution in [1.82, 2.24) is 4.98 Å². The van der Waals surface area contributed by atoms with Crippen LogP contribution in [0.5, 0.6) is 11.5 Å². The molecule has 1 fully saturated rings. The number of nitrogens with two attached hydrogens (primary N) is 2. The number of fused-ring (bicyclic) bond motifs is 1. The number of carbonyl (C=O) groups is 1. The molecule has 1 aromatic heterocycles. The van der Waals surface area contributed by atoms with Gasteiger partial charge in [-0.2, -0.15) is 0 Å². The molecule has 2 aliphatic rings. The molecular weight excluding hydrogens is 377 g/mol. The van der Waals surface area contributed by atoms with Crippen molar-refractivity contribution in [1.29, 1.82) is 0 Å². The first-order valence-electron chi connectivity index (χ1n) is 9.70. The number of aromatic nitrogens is 1. The number of hydrogen-bond donors (Lipinski definition) is 4. The first-order valence-corrected chi connectivity index (χ1v) is 9.70. The number of halogens is 1. The van der Waals surface area contributed by atoms with Gasteiger partial charge in [0, 0.05) is 23.8 Å². The molecule has 0 spiro atoms. The number of nitrogens with one attached hydrogen (secondary N) is 2.